The topological polar surface area (TPSA) is 9.23 Å². The van der Waals surface area contributed by atoms with E-state index in [1.54, 1.807) is 7.11 Å². The van der Waals surface area contributed by atoms with Crippen LogP contribution in [0.2, 0.25) is 0 Å². The second kappa shape index (κ2) is 3.05. The molecule has 0 saturated carbocycles. The van der Waals surface area contributed by atoms with Gasteiger partial charge in [-0.2, -0.15) is 0 Å². The summed E-state index contributed by atoms with van der Waals surface area (Å²) in [5.74, 6) is 0. The lowest BCUT2D eigenvalue weighted by molar-refractivity contribution is -0.870. The molecule has 0 rings (SSSR count). The number of methoxy groups -OCH3 is 1. The number of hydrogen-bond acceptors (Lipinski definition) is 1. The van der Waals surface area contributed by atoms with E-state index in [0.717, 1.165) is 17.6 Å². The van der Waals surface area contributed by atoms with Crippen molar-refractivity contribution in [1.82, 2.24) is 0 Å². The number of nitrogens with zero attached hydrogens (tertiary/aromatic N) is 1. The first-order chi connectivity index (χ1) is 3.56. The fourth-order valence-corrected chi connectivity index (χ4v) is 0.365. The molecule has 0 N–H and O–H groups in total. The first-order valence-corrected chi connectivity index (χ1v) is 2.85. The Kier molecular flexibility index (Phi) is 3.02. The van der Waals surface area contributed by atoms with E-state index in [1.807, 2.05) is 0 Å². The van der Waals surface area contributed by atoms with E-state index in [4.69, 9.17) is 4.74 Å². The number of quaternary nitrogens is 1. The van der Waals surface area contributed by atoms with Gasteiger partial charge in [0.05, 0.1) is 27.7 Å². The standard InChI is InChI=1S/C6H16NO/c1-7(2,3)5-6-8-4/h5-6H2,1-4H3/q+1/i4+2. The third-order valence-electron chi connectivity index (χ3n) is 0.966. The minimum absolute atomic E-state index is 0.851. The summed E-state index contributed by atoms with van der Waals surface area (Å²) in [7, 11) is 8.19. The van der Waals surface area contributed by atoms with Crippen LogP contribution in [-0.4, -0.2) is 45.9 Å². The summed E-state index contributed by atoms with van der Waals surface area (Å²) in [6.45, 7) is 1.93. The predicted octanol–water partition coefficient (Wildman–Crippen LogP) is 0.339. The van der Waals surface area contributed by atoms with E-state index in [-0.39, 0.29) is 0 Å². The number of rotatable bonds is 3. The number of likely N-dealkylation sites (N-methyl/N-ethyl adjacent to an activating group) is 1. The maximum absolute atomic E-state index is 4.90. The molecule has 0 aliphatic carbocycles. The molecular weight excluding hydrogens is 104 g/mol. The first kappa shape index (κ1) is 7.92. The largest absolute Gasteiger partial charge is 0.379 e. The fraction of sp³-hybridized carbons (Fsp3) is 1.00. The molecule has 0 radical (unpaired) electrons. The van der Waals surface area contributed by atoms with Gasteiger partial charge in [0.25, 0.3) is 0 Å². The highest BCUT2D eigenvalue weighted by molar-refractivity contribution is 4.22. The van der Waals surface area contributed by atoms with E-state index >= 15 is 0 Å². The van der Waals surface area contributed by atoms with Crippen molar-refractivity contribution in [1.29, 1.82) is 0 Å². The molecule has 0 aromatic heterocycles. The molecule has 0 bridgehead atoms. The van der Waals surface area contributed by atoms with Crippen LogP contribution in [0, 0.1) is 0 Å². The van der Waals surface area contributed by atoms with Gasteiger partial charge in [0.1, 0.15) is 6.54 Å². The third-order valence-corrected chi connectivity index (χ3v) is 0.966. The first-order valence-electron chi connectivity index (χ1n) is 2.85. The molecule has 0 aromatic rings. The molecule has 0 saturated heterocycles. The molecule has 0 fully saturated rings. The van der Waals surface area contributed by atoms with Gasteiger partial charge >= 0.3 is 0 Å². The van der Waals surface area contributed by atoms with Gasteiger partial charge in [-0.25, -0.2) is 0 Å². The second-order valence-electron chi connectivity index (χ2n) is 3.01. The number of hydrogen-bond donors (Lipinski definition) is 0. The Bertz CT molecular complexity index is 56.0. The highest BCUT2D eigenvalue weighted by atomic mass is 16.6. The van der Waals surface area contributed by atoms with E-state index < -0.39 is 0 Å². The molecule has 50 valence electrons. The van der Waals surface area contributed by atoms with Crippen LogP contribution in [0.3, 0.4) is 0 Å². The van der Waals surface area contributed by atoms with E-state index in [0.29, 0.717) is 0 Å². The Morgan fingerprint density at radius 3 is 2.00 bits per heavy atom. The monoisotopic (exact) mass is 120 g/mol. The number of ether oxygens (including phenoxy) is 1. The molecule has 0 atom stereocenters. The van der Waals surface area contributed by atoms with Crippen LogP contribution in [0.15, 0.2) is 0 Å². The minimum atomic E-state index is 0.851. The lowest BCUT2D eigenvalue weighted by atomic mass is 10.5. The van der Waals surface area contributed by atoms with Crippen LogP contribution in [0.4, 0.5) is 0 Å². The molecule has 0 aromatic carbocycles. The Morgan fingerprint density at radius 2 is 1.88 bits per heavy atom. The molecular formula is C6H16NO+. The summed E-state index contributed by atoms with van der Waals surface area (Å²) in [6, 6.07) is 0. The molecule has 0 unspecified atom stereocenters. The van der Waals surface area contributed by atoms with E-state index in [1.165, 1.54) is 0 Å². The fourth-order valence-electron chi connectivity index (χ4n) is 0.365. The van der Waals surface area contributed by atoms with Crippen LogP contribution in [0.5, 0.6) is 0 Å². The van der Waals surface area contributed by atoms with Gasteiger partial charge in [-0.1, -0.05) is 0 Å². The van der Waals surface area contributed by atoms with Crippen LogP contribution < -0.4 is 0 Å². The maximum Gasteiger partial charge on any atom is 0.102 e. The van der Waals surface area contributed by atoms with Gasteiger partial charge in [-0.3, -0.25) is 0 Å². The summed E-state index contributed by atoms with van der Waals surface area (Å²) < 4.78 is 5.88. The lowest BCUT2D eigenvalue weighted by Crippen LogP contribution is -2.37. The molecule has 2 nitrogen and oxygen atoms in total. The predicted molar refractivity (Wildman–Crippen MR) is 34.8 cm³/mol. The van der Waals surface area contributed by atoms with E-state index in [9.17, 15) is 0 Å². The quantitative estimate of drug-likeness (QED) is 0.488. The van der Waals surface area contributed by atoms with Crippen molar-refractivity contribution in [3.63, 3.8) is 0 Å². The van der Waals surface area contributed by atoms with Crippen molar-refractivity contribution in [2.45, 2.75) is 0 Å². The van der Waals surface area contributed by atoms with Crippen molar-refractivity contribution in [3.8, 4) is 0 Å². The van der Waals surface area contributed by atoms with Crippen LogP contribution in [0.25, 0.3) is 0 Å². The van der Waals surface area contributed by atoms with Gasteiger partial charge in [-0.15, -0.1) is 0 Å². The summed E-state index contributed by atoms with van der Waals surface area (Å²) in [5, 5.41) is 0. The average molecular weight is 120 g/mol. The lowest BCUT2D eigenvalue weighted by Gasteiger charge is -2.22. The third kappa shape index (κ3) is 5.92. The molecule has 0 spiro atoms. The minimum Gasteiger partial charge on any atom is -0.379 e. The summed E-state index contributed by atoms with van der Waals surface area (Å²) in [4.78, 5) is 0. The van der Waals surface area contributed by atoms with E-state index in [2.05, 4.69) is 21.1 Å². The molecule has 0 amide bonds. The van der Waals surface area contributed by atoms with Crippen molar-refractivity contribution < 1.29 is 9.22 Å². The van der Waals surface area contributed by atoms with Crippen LogP contribution in [-0.2, 0) is 4.74 Å². The van der Waals surface area contributed by atoms with Crippen molar-refractivity contribution in [3.05, 3.63) is 0 Å². The highest BCUT2D eigenvalue weighted by Crippen LogP contribution is 1.87. The van der Waals surface area contributed by atoms with Gasteiger partial charge in [0, 0.05) is 7.11 Å². The molecule has 8 heavy (non-hydrogen) atoms. The van der Waals surface area contributed by atoms with Gasteiger partial charge < -0.3 is 9.22 Å². The highest BCUT2D eigenvalue weighted by Gasteiger charge is 2.03. The second-order valence-corrected chi connectivity index (χ2v) is 3.01. The Labute approximate surface area is 51.6 Å². The zero-order valence-electron chi connectivity index (χ0n) is 6.27. The normalized spacial score (nSPS) is 12.0. The molecule has 0 aliphatic rings. The summed E-state index contributed by atoms with van der Waals surface area (Å²) in [6.07, 6.45) is 0. The summed E-state index contributed by atoms with van der Waals surface area (Å²) in [5.41, 5.74) is 0. The van der Waals surface area contributed by atoms with Crippen LogP contribution >= 0.6 is 0 Å². The average Bonchev–Trinajstić information content (AvgIpc) is 1.59. The zero-order chi connectivity index (χ0) is 6.62. The SMILES string of the molecule is C[N+](C)(C)CCO[14CH3]. The smallest absolute Gasteiger partial charge is 0.102 e. The maximum atomic E-state index is 4.90. The molecule has 0 heterocycles. The molecule has 2 heteroatoms. The van der Waals surface area contributed by atoms with Crippen LogP contribution in [0.1, 0.15) is 0 Å². The Hall–Kier alpha value is -0.0800. The molecule has 0 aliphatic heterocycles. The zero-order valence-corrected chi connectivity index (χ0v) is 6.27. The van der Waals surface area contributed by atoms with Gasteiger partial charge in [0.2, 0.25) is 0 Å². The van der Waals surface area contributed by atoms with Gasteiger partial charge in [-0.05, 0) is 0 Å². The van der Waals surface area contributed by atoms with Crippen molar-refractivity contribution in [2.24, 2.45) is 0 Å². The summed E-state index contributed by atoms with van der Waals surface area (Å²) >= 11 is 0. The Balaban J connectivity index is 3.11. The Morgan fingerprint density at radius 1 is 1.38 bits per heavy atom. The van der Waals surface area contributed by atoms with Crippen molar-refractivity contribution >= 4 is 0 Å². The van der Waals surface area contributed by atoms with Crippen molar-refractivity contribution in [2.75, 3.05) is 41.4 Å². The van der Waals surface area contributed by atoms with Gasteiger partial charge in [0.15, 0.2) is 0 Å².